The van der Waals surface area contributed by atoms with Gasteiger partial charge in [-0.3, -0.25) is 4.79 Å². The zero-order chi connectivity index (χ0) is 13.7. The number of hydrogen-bond donors (Lipinski definition) is 2. The fourth-order valence-corrected chi connectivity index (χ4v) is 3.41. The number of carbonyl (C=O) groups excluding carboxylic acids is 1. The van der Waals surface area contributed by atoms with Gasteiger partial charge in [0.15, 0.2) is 0 Å². The van der Waals surface area contributed by atoms with Crippen LogP contribution in [-0.4, -0.2) is 47.7 Å². The minimum atomic E-state index is -0.0224. The van der Waals surface area contributed by atoms with Gasteiger partial charge >= 0.3 is 0 Å². The molecule has 2 fully saturated rings. The van der Waals surface area contributed by atoms with Gasteiger partial charge in [0.25, 0.3) is 0 Å². The number of carbonyl (C=O) groups is 1. The summed E-state index contributed by atoms with van der Waals surface area (Å²) < 4.78 is 0. The van der Waals surface area contributed by atoms with E-state index in [-0.39, 0.29) is 24.6 Å². The van der Waals surface area contributed by atoms with Crippen molar-refractivity contribution in [1.29, 1.82) is 0 Å². The molecule has 110 valence electrons. The maximum absolute atomic E-state index is 12.7. The molecule has 0 spiro atoms. The number of aliphatic hydroxyl groups is 1. The van der Waals surface area contributed by atoms with E-state index in [1.807, 2.05) is 4.90 Å². The molecule has 4 nitrogen and oxygen atoms in total. The molecule has 0 bridgehead atoms. The molecule has 0 saturated carbocycles. The van der Waals surface area contributed by atoms with Gasteiger partial charge in [-0.25, -0.2) is 0 Å². The van der Waals surface area contributed by atoms with Gasteiger partial charge in [-0.1, -0.05) is 26.2 Å². The van der Waals surface area contributed by atoms with E-state index in [0.717, 1.165) is 45.2 Å². The number of nitrogens with zero attached hydrogens (tertiary/aromatic N) is 1. The Morgan fingerprint density at radius 2 is 2.16 bits per heavy atom. The van der Waals surface area contributed by atoms with Crippen LogP contribution in [0.25, 0.3) is 0 Å². The van der Waals surface area contributed by atoms with Gasteiger partial charge in [0, 0.05) is 6.54 Å². The highest BCUT2D eigenvalue weighted by Gasteiger charge is 2.32. The van der Waals surface area contributed by atoms with E-state index in [4.69, 9.17) is 0 Å². The van der Waals surface area contributed by atoms with E-state index >= 15 is 0 Å². The molecule has 2 aliphatic rings. The molecular weight excluding hydrogens is 240 g/mol. The number of nitrogens with one attached hydrogen (secondary N) is 1. The molecule has 2 heterocycles. The number of likely N-dealkylation sites (tertiary alicyclic amines) is 1. The summed E-state index contributed by atoms with van der Waals surface area (Å²) in [7, 11) is 0. The van der Waals surface area contributed by atoms with Crippen molar-refractivity contribution in [3.63, 3.8) is 0 Å². The SMILES string of the molecule is CCC1CCNC(C(=O)N2CCCCCC2CO)C1. The smallest absolute Gasteiger partial charge is 0.240 e. The van der Waals surface area contributed by atoms with E-state index in [2.05, 4.69) is 12.2 Å². The van der Waals surface area contributed by atoms with Crippen LogP contribution in [0.1, 0.15) is 51.9 Å². The van der Waals surface area contributed by atoms with Gasteiger partial charge in [0.05, 0.1) is 18.7 Å². The van der Waals surface area contributed by atoms with Crippen LogP contribution in [0.15, 0.2) is 0 Å². The van der Waals surface area contributed by atoms with Crippen molar-refractivity contribution in [2.75, 3.05) is 19.7 Å². The Balaban J connectivity index is 1.99. The quantitative estimate of drug-likeness (QED) is 0.816. The Morgan fingerprint density at radius 3 is 2.89 bits per heavy atom. The van der Waals surface area contributed by atoms with Crippen LogP contribution in [0, 0.1) is 5.92 Å². The second-order valence-corrected chi connectivity index (χ2v) is 6.02. The predicted molar refractivity (Wildman–Crippen MR) is 75.9 cm³/mol. The maximum atomic E-state index is 12.7. The number of amides is 1. The number of aliphatic hydroxyl groups excluding tert-OH is 1. The van der Waals surface area contributed by atoms with Crippen molar-refractivity contribution in [2.24, 2.45) is 5.92 Å². The highest BCUT2D eigenvalue weighted by atomic mass is 16.3. The van der Waals surface area contributed by atoms with Crippen molar-refractivity contribution in [3.8, 4) is 0 Å². The highest BCUT2D eigenvalue weighted by molar-refractivity contribution is 5.82. The second kappa shape index (κ2) is 7.25. The average Bonchev–Trinajstić information content (AvgIpc) is 2.71. The first-order chi connectivity index (χ1) is 9.26. The Bertz CT molecular complexity index is 296. The lowest BCUT2D eigenvalue weighted by molar-refractivity contribution is -0.137. The minimum absolute atomic E-state index is 0.0224. The molecule has 1 amide bonds. The Hall–Kier alpha value is -0.610. The Labute approximate surface area is 116 Å². The lowest BCUT2D eigenvalue weighted by atomic mass is 9.89. The predicted octanol–water partition coefficient (Wildman–Crippen LogP) is 1.53. The zero-order valence-electron chi connectivity index (χ0n) is 12.1. The number of rotatable bonds is 3. The molecule has 0 aliphatic carbocycles. The molecule has 2 aliphatic heterocycles. The molecule has 2 saturated heterocycles. The summed E-state index contributed by atoms with van der Waals surface area (Å²) in [5, 5.41) is 12.9. The van der Waals surface area contributed by atoms with E-state index in [0.29, 0.717) is 5.92 Å². The molecule has 19 heavy (non-hydrogen) atoms. The summed E-state index contributed by atoms with van der Waals surface area (Å²) in [5.41, 5.74) is 0. The van der Waals surface area contributed by atoms with Crippen molar-refractivity contribution in [3.05, 3.63) is 0 Å². The molecular formula is C15H28N2O2. The highest BCUT2D eigenvalue weighted by Crippen LogP contribution is 2.23. The molecule has 3 unspecified atom stereocenters. The number of piperidine rings is 1. The van der Waals surface area contributed by atoms with Gasteiger partial charge in [-0.2, -0.15) is 0 Å². The molecule has 3 atom stereocenters. The zero-order valence-corrected chi connectivity index (χ0v) is 12.1. The standard InChI is InChI=1S/C15H28N2O2/c1-2-12-7-8-16-14(10-12)15(19)17-9-5-3-4-6-13(17)11-18/h12-14,16,18H,2-11H2,1H3. The molecule has 0 radical (unpaired) electrons. The van der Waals surface area contributed by atoms with Crippen molar-refractivity contribution in [2.45, 2.75) is 64.0 Å². The molecule has 2 rings (SSSR count). The third-order valence-electron chi connectivity index (χ3n) is 4.76. The van der Waals surface area contributed by atoms with Gasteiger partial charge in [0.2, 0.25) is 5.91 Å². The first-order valence-corrected chi connectivity index (χ1v) is 7.91. The van der Waals surface area contributed by atoms with Gasteiger partial charge in [-0.15, -0.1) is 0 Å². The topological polar surface area (TPSA) is 52.6 Å². The molecule has 0 aromatic heterocycles. The lowest BCUT2D eigenvalue weighted by Crippen LogP contribution is -2.53. The van der Waals surface area contributed by atoms with Crippen LogP contribution < -0.4 is 5.32 Å². The van der Waals surface area contributed by atoms with Crippen LogP contribution in [0.2, 0.25) is 0 Å². The largest absolute Gasteiger partial charge is 0.394 e. The van der Waals surface area contributed by atoms with Crippen LogP contribution in [0.5, 0.6) is 0 Å². The Kier molecular flexibility index (Phi) is 5.64. The summed E-state index contributed by atoms with van der Waals surface area (Å²) in [6, 6.07) is 0.0182. The minimum Gasteiger partial charge on any atom is -0.394 e. The fraction of sp³-hybridized carbons (Fsp3) is 0.933. The monoisotopic (exact) mass is 268 g/mol. The maximum Gasteiger partial charge on any atom is 0.240 e. The summed E-state index contributed by atoms with van der Waals surface area (Å²) in [6.45, 7) is 4.08. The molecule has 0 aromatic rings. The van der Waals surface area contributed by atoms with E-state index in [9.17, 15) is 9.90 Å². The van der Waals surface area contributed by atoms with Crippen molar-refractivity contribution in [1.82, 2.24) is 10.2 Å². The molecule has 0 aromatic carbocycles. The summed E-state index contributed by atoms with van der Waals surface area (Å²) in [4.78, 5) is 14.6. The van der Waals surface area contributed by atoms with Crippen LogP contribution in [0.3, 0.4) is 0 Å². The summed E-state index contributed by atoms with van der Waals surface area (Å²) >= 11 is 0. The summed E-state index contributed by atoms with van der Waals surface area (Å²) in [5.74, 6) is 0.897. The normalized spacial score (nSPS) is 32.9. The van der Waals surface area contributed by atoms with Crippen LogP contribution in [-0.2, 0) is 4.79 Å². The first-order valence-electron chi connectivity index (χ1n) is 7.91. The van der Waals surface area contributed by atoms with Crippen LogP contribution in [0.4, 0.5) is 0 Å². The average molecular weight is 268 g/mol. The van der Waals surface area contributed by atoms with E-state index in [1.54, 1.807) is 0 Å². The van der Waals surface area contributed by atoms with Crippen molar-refractivity contribution >= 4 is 5.91 Å². The van der Waals surface area contributed by atoms with Gasteiger partial charge in [0.1, 0.15) is 0 Å². The van der Waals surface area contributed by atoms with Crippen molar-refractivity contribution < 1.29 is 9.90 Å². The summed E-state index contributed by atoms with van der Waals surface area (Å²) in [6.07, 6.45) is 7.64. The third kappa shape index (κ3) is 3.69. The van der Waals surface area contributed by atoms with Gasteiger partial charge in [-0.05, 0) is 38.1 Å². The van der Waals surface area contributed by atoms with E-state index in [1.165, 1.54) is 12.8 Å². The Morgan fingerprint density at radius 1 is 1.32 bits per heavy atom. The molecule has 2 N–H and O–H groups in total. The second-order valence-electron chi connectivity index (χ2n) is 6.02. The molecule has 4 heteroatoms. The lowest BCUT2D eigenvalue weighted by Gasteiger charge is -2.36. The fourth-order valence-electron chi connectivity index (χ4n) is 3.41. The third-order valence-corrected chi connectivity index (χ3v) is 4.76. The van der Waals surface area contributed by atoms with Gasteiger partial charge < -0.3 is 15.3 Å². The number of hydrogen-bond acceptors (Lipinski definition) is 3. The first kappa shape index (κ1) is 14.8. The van der Waals surface area contributed by atoms with Crippen LogP contribution >= 0.6 is 0 Å². The van der Waals surface area contributed by atoms with E-state index < -0.39 is 0 Å².